The van der Waals surface area contributed by atoms with Crippen LogP contribution in [0.5, 0.6) is 0 Å². The second kappa shape index (κ2) is 6.22. The highest BCUT2D eigenvalue weighted by Crippen LogP contribution is 2.28. The lowest BCUT2D eigenvalue weighted by Crippen LogP contribution is -2.56. The summed E-state index contributed by atoms with van der Waals surface area (Å²) in [6, 6.07) is 3.67. The monoisotopic (exact) mass is 299 g/mol. The molecule has 1 aliphatic rings. The minimum atomic E-state index is -1.06. The van der Waals surface area contributed by atoms with Gasteiger partial charge >= 0.3 is 0 Å². The van der Waals surface area contributed by atoms with Crippen LogP contribution in [0.4, 0.5) is 0 Å². The summed E-state index contributed by atoms with van der Waals surface area (Å²) in [4.78, 5) is 15.6. The smallest absolute Gasteiger partial charge is 0.264 e. The van der Waals surface area contributed by atoms with E-state index in [1.54, 1.807) is 18.1 Å². The number of aliphatic hydroxyl groups excluding tert-OH is 1. The number of carbonyl (C=O) groups is 1. The van der Waals surface area contributed by atoms with Crippen molar-refractivity contribution in [2.75, 3.05) is 20.2 Å². The number of β-amino-alcohol motifs (C(OH)–C–C–N with tert-alkyl or cyclic N) is 1. The largest absolute Gasteiger partial charge is 0.388 e. The van der Waals surface area contributed by atoms with Crippen molar-refractivity contribution in [1.82, 2.24) is 4.90 Å². The first-order valence-electron chi connectivity index (χ1n) is 6.77. The van der Waals surface area contributed by atoms with Crippen LogP contribution in [0.2, 0.25) is 0 Å². The van der Waals surface area contributed by atoms with Gasteiger partial charge < -0.3 is 19.8 Å². The van der Waals surface area contributed by atoms with Crippen molar-refractivity contribution in [3.05, 3.63) is 21.9 Å². The van der Waals surface area contributed by atoms with Gasteiger partial charge in [-0.15, -0.1) is 11.3 Å². The normalized spacial score (nSPS) is 26.8. The van der Waals surface area contributed by atoms with E-state index >= 15 is 0 Å². The molecule has 0 spiro atoms. The van der Waals surface area contributed by atoms with Crippen LogP contribution >= 0.6 is 11.3 Å². The Hall–Kier alpha value is -0.950. The molecule has 1 aromatic heterocycles. The van der Waals surface area contributed by atoms with Gasteiger partial charge in [-0.1, -0.05) is 6.92 Å². The number of nitrogens with zero attached hydrogens (tertiary/aromatic N) is 1. The van der Waals surface area contributed by atoms with Gasteiger partial charge in [0.15, 0.2) is 0 Å². The highest BCUT2D eigenvalue weighted by Gasteiger charge is 2.40. The quantitative estimate of drug-likeness (QED) is 0.877. The Bertz CT molecular complexity index is 475. The average molecular weight is 299 g/mol. The van der Waals surface area contributed by atoms with E-state index in [2.05, 4.69) is 0 Å². The predicted molar refractivity (Wildman–Crippen MR) is 76.8 cm³/mol. The van der Waals surface area contributed by atoms with Gasteiger partial charge in [0.05, 0.1) is 17.1 Å². The van der Waals surface area contributed by atoms with Crippen molar-refractivity contribution >= 4 is 17.2 Å². The standard InChI is InChI=1S/C14H21NO4S/c1-3-14(18)6-7-15(8-12(14)16)13(17)11-5-4-10(20-11)9-19-2/h4-5,12,16,18H,3,6-9H2,1-2H3/t12-,14-/m1/s1. The SMILES string of the molecule is CC[C@@]1(O)CCN(C(=O)c2ccc(COC)s2)C[C@H]1O. The van der Waals surface area contributed by atoms with Crippen LogP contribution in [0.15, 0.2) is 12.1 Å². The third-order valence-electron chi connectivity index (χ3n) is 3.89. The molecule has 2 atom stereocenters. The number of piperidine rings is 1. The summed E-state index contributed by atoms with van der Waals surface area (Å²) in [5.41, 5.74) is -1.06. The molecule has 2 rings (SSSR count). The van der Waals surface area contributed by atoms with Gasteiger partial charge in [-0.2, -0.15) is 0 Å². The molecule has 1 aromatic rings. The summed E-state index contributed by atoms with van der Waals surface area (Å²) in [5.74, 6) is -0.0884. The summed E-state index contributed by atoms with van der Waals surface area (Å²) in [6.07, 6.45) is 0.0171. The second-order valence-corrected chi connectivity index (χ2v) is 6.34. The highest BCUT2D eigenvalue weighted by atomic mass is 32.1. The Labute approximate surface area is 122 Å². The molecular formula is C14H21NO4S. The van der Waals surface area contributed by atoms with Crippen LogP contribution in [-0.2, 0) is 11.3 Å². The van der Waals surface area contributed by atoms with Gasteiger partial charge in [0.25, 0.3) is 5.91 Å². The lowest BCUT2D eigenvalue weighted by Gasteiger charge is -2.41. The van der Waals surface area contributed by atoms with Crippen LogP contribution in [0.1, 0.15) is 34.3 Å². The van der Waals surface area contributed by atoms with Crippen molar-refractivity contribution in [3.63, 3.8) is 0 Å². The average Bonchev–Trinajstić information content (AvgIpc) is 2.90. The van der Waals surface area contributed by atoms with Crippen LogP contribution in [0.25, 0.3) is 0 Å². The molecule has 5 nitrogen and oxygen atoms in total. The van der Waals surface area contributed by atoms with E-state index in [-0.39, 0.29) is 12.5 Å². The summed E-state index contributed by atoms with van der Waals surface area (Å²) in [6.45, 7) is 2.99. The summed E-state index contributed by atoms with van der Waals surface area (Å²) < 4.78 is 5.04. The van der Waals surface area contributed by atoms with Gasteiger partial charge in [-0.25, -0.2) is 0 Å². The lowest BCUT2D eigenvalue weighted by atomic mass is 9.86. The molecule has 0 saturated carbocycles. The predicted octanol–water partition coefficient (Wildman–Crippen LogP) is 1.24. The molecule has 0 unspecified atom stereocenters. The van der Waals surface area contributed by atoms with Crippen LogP contribution in [0, 0.1) is 0 Å². The second-order valence-electron chi connectivity index (χ2n) is 5.17. The minimum Gasteiger partial charge on any atom is -0.388 e. The zero-order valence-corrected chi connectivity index (χ0v) is 12.7. The van der Waals surface area contributed by atoms with E-state index in [0.717, 1.165) is 4.88 Å². The minimum absolute atomic E-state index is 0.0884. The van der Waals surface area contributed by atoms with Gasteiger partial charge in [0.1, 0.15) is 6.10 Å². The summed E-state index contributed by atoms with van der Waals surface area (Å²) >= 11 is 1.41. The van der Waals surface area contributed by atoms with E-state index in [4.69, 9.17) is 4.74 Å². The van der Waals surface area contributed by atoms with Crippen molar-refractivity contribution in [2.45, 2.75) is 38.1 Å². The number of likely N-dealkylation sites (tertiary alicyclic amines) is 1. The molecule has 0 aliphatic carbocycles. The van der Waals surface area contributed by atoms with Gasteiger partial charge in [0.2, 0.25) is 0 Å². The van der Waals surface area contributed by atoms with Crippen molar-refractivity contribution in [2.24, 2.45) is 0 Å². The Kier molecular flexibility index (Phi) is 4.80. The zero-order valence-electron chi connectivity index (χ0n) is 11.8. The molecule has 0 aromatic carbocycles. The molecule has 0 radical (unpaired) electrons. The fraction of sp³-hybridized carbons (Fsp3) is 0.643. The Morgan fingerprint density at radius 2 is 2.35 bits per heavy atom. The number of hydrogen-bond donors (Lipinski definition) is 2. The molecule has 1 fully saturated rings. The number of methoxy groups -OCH3 is 1. The molecule has 2 heterocycles. The maximum atomic E-state index is 12.4. The molecule has 1 aliphatic heterocycles. The summed E-state index contributed by atoms with van der Waals surface area (Å²) in [7, 11) is 1.62. The third-order valence-corrected chi connectivity index (χ3v) is 4.93. The Morgan fingerprint density at radius 1 is 1.60 bits per heavy atom. The number of hydrogen-bond acceptors (Lipinski definition) is 5. The van der Waals surface area contributed by atoms with E-state index in [9.17, 15) is 15.0 Å². The van der Waals surface area contributed by atoms with Gasteiger partial charge in [0, 0.05) is 25.1 Å². The van der Waals surface area contributed by atoms with Crippen LogP contribution < -0.4 is 0 Å². The maximum Gasteiger partial charge on any atom is 0.264 e. The number of amides is 1. The molecule has 1 saturated heterocycles. The Balaban J connectivity index is 2.03. The number of aliphatic hydroxyl groups is 2. The van der Waals surface area contributed by atoms with E-state index in [0.29, 0.717) is 30.9 Å². The molecule has 6 heteroatoms. The molecule has 112 valence electrons. The number of thiophene rings is 1. The fourth-order valence-electron chi connectivity index (χ4n) is 2.43. The van der Waals surface area contributed by atoms with Crippen LogP contribution in [0.3, 0.4) is 0 Å². The first-order valence-corrected chi connectivity index (χ1v) is 7.59. The number of ether oxygens (including phenoxy) is 1. The molecule has 0 bridgehead atoms. The van der Waals surface area contributed by atoms with Crippen molar-refractivity contribution < 1.29 is 19.7 Å². The fourth-order valence-corrected chi connectivity index (χ4v) is 3.38. The molecule has 2 N–H and O–H groups in total. The highest BCUT2D eigenvalue weighted by molar-refractivity contribution is 7.14. The molecule has 20 heavy (non-hydrogen) atoms. The van der Waals surface area contributed by atoms with E-state index in [1.165, 1.54) is 11.3 Å². The maximum absolute atomic E-state index is 12.4. The van der Waals surface area contributed by atoms with E-state index in [1.807, 2.05) is 13.0 Å². The van der Waals surface area contributed by atoms with Crippen molar-refractivity contribution in [3.8, 4) is 0 Å². The number of carbonyl (C=O) groups excluding carboxylic acids is 1. The molecule has 1 amide bonds. The molecular weight excluding hydrogens is 278 g/mol. The zero-order chi connectivity index (χ0) is 14.8. The first kappa shape index (κ1) is 15.4. The number of rotatable bonds is 4. The third kappa shape index (κ3) is 3.03. The van der Waals surface area contributed by atoms with Crippen LogP contribution in [-0.4, -0.2) is 52.9 Å². The van der Waals surface area contributed by atoms with E-state index < -0.39 is 11.7 Å². The first-order chi connectivity index (χ1) is 9.50. The lowest BCUT2D eigenvalue weighted by molar-refractivity contribution is -0.114. The topological polar surface area (TPSA) is 70.0 Å². The van der Waals surface area contributed by atoms with Gasteiger partial charge in [-0.3, -0.25) is 4.79 Å². The van der Waals surface area contributed by atoms with Gasteiger partial charge in [-0.05, 0) is 25.0 Å². The van der Waals surface area contributed by atoms with Crippen molar-refractivity contribution in [1.29, 1.82) is 0 Å². The Morgan fingerprint density at radius 3 is 2.95 bits per heavy atom. The summed E-state index contributed by atoms with van der Waals surface area (Å²) in [5, 5.41) is 20.2.